The zero-order valence-corrected chi connectivity index (χ0v) is 8.67. The predicted octanol–water partition coefficient (Wildman–Crippen LogP) is 3.34. The van der Waals surface area contributed by atoms with Gasteiger partial charge in [-0.1, -0.05) is 36.4 Å². The van der Waals surface area contributed by atoms with Gasteiger partial charge >= 0.3 is 0 Å². The van der Waals surface area contributed by atoms with Crippen LogP contribution in [-0.4, -0.2) is 9.67 Å². The molecule has 0 spiro atoms. The molecule has 0 saturated carbocycles. The van der Waals surface area contributed by atoms with Gasteiger partial charge in [0.15, 0.2) is 0 Å². The maximum absolute atomic E-state index is 10.1. The zero-order chi connectivity index (χ0) is 11.0. The Morgan fingerprint density at radius 1 is 0.812 bits per heavy atom. The van der Waals surface area contributed by atoms with Gasteiger partial charge in [0.2, 0.25) is 5.88 Å². The highest BCUT2D eigenvalue weighted by molar-refractivity contribution is 5.88. The van der Waals surface area contributed by atoms with Crippen molar-refractivity contribution in [3.05, 3.63) is 60.8 Å². The molecule has 0 unspecified atom stereocenters. The molecule has 0 aliphatic heterocycles. The second kappa shape index (κ2) is 3.42. The normalized spacial score (nSPS) is 10.8. The van der Waals surface area contributed by atoms with Crippen molar-refractivity contribution in [3.8, 4) is 11.6 Å². The molecule has 0 aliphatic carbocycles. The van der Waals surface area contributed by atoms with Gasteiger partial charge in [-0.2, -0.15) is 0 Å². The highest BCUT2D eigenvalue weighted by atomic mass is 16.3. The zero-order valence-electron chi connectivity index (χ0n) is 8.67. The number of para-hydroxylation sites is 1. The van der Waals surface area contributed by atoms with Crippen LogP contribution in [0.15, 0.2) is 60.8 Å². The van der Waals surface area contributed by atoms with Gasteiger partial charge < -0.3 is 5.11 Å². The van der Waals surface area contributed by atoms with Crippen LogP contribution in [0.4, 0.5) is 0 Å². The third-order valence-electron chi connectivity index (χ3n) is 2.73. The van der Waals surface area contributed by atoms with E-state index in [1.54, 1.807) is 4.57 Å². The van der Waals surface area contributed by atoms with Crippen LogP contribution in [0.25, 0.3) is 16.5 Å². The van der Waals surface area contributed by atoms with Crippen molar-refractivity contribution < 1.29 is 5.11 Å². The molecule has 78 valence electrons. The summed E-state index contributed by atoms with van der Waals surface area (Å²) in [6.07, 6.45) is 1.94. The summed E-state index contributed by atoms with van der Waals surface area (Å²) in [6, 6.07) is 17.6. The molecule has 1 N–H and O–H groups in total. The average molecular weight is 209 g/mol. The molecular formula is C14H11NO. The Morgan fingerprint density at radius 3 is 2.25 bits per heavy atom. The maximum atomic E-state index is 10.1. The molecule has 16 heavy (non-hydrogen) atoms. The molecule has 0 fully saturated rings. The Balaban J connectivity index is 2.29. The number of nitrogens with zero attached hydrogens (tertiary/aromatic N) is 1. The minimum atomic E-state index is 0.293. The number of hydrogen-bond acceptors (Lipinski definition) is 1. The van der Waals surface area contributed by atoms with Gasteiger partial charge in [-0.25, -0.2) is 0 Å². The van der Waals surface area contributed by atoms with Crippen LogP contribution in [0.5, 0.6) is 5.88 Å². The molecule has 3 aromatic rings. The molecule has 0 aliphatic rings. The van der Waals surface area contributed by atoms with Gasteiger partial charge in [-0.05, 0) is 18.2 Å². The lowest BCUT2D eigenvalue weighted by Gasteiger charge is -2.03. The Morgan fingerprint density at radius 2 is 1.50 bits per heavy atom. The highest BCUT2D eigenvalue weighted by Crippen LogP contribution is 2.29. The van der Waals surface area contributed by atoms with E-state index in [0.29, 0.717) is 5.88 Å². The minimum Gasteiger partial charge on any atom is -0.494 e. The van der Waals surface area contributed by atoms with E-state index in [2.05, 4.69) is 0 Å². The second-order valence-corrected chi connectivity index (χ2v) is 3.75. The minimum absolute atomic E-state index is 0.293. The highest BCUT2D eigenvalue weighted by Gasteiger charge is 2.07. The Labute approximate surface area is 93.4 Å². The molecule has 2 aromatic carbocycles. The number of benzene rings is 2. The Bertz CT molecular complexity index is 626. The maximum Gasteiger partial charge on any atom is 0.203 e. The molecule has 0 saturated heterocycles. The van der Waals surface area contributed by atoms with E-state index in [1.807, 2.05) is 60.8 Å². The molecule has 0 radical (unpaired) electrons. The van der Waals surface area contributed by atoms with Crippen LogP contribution in [-0.2, 0) is 0 Å². The summed E-state index contributed by atoms with van der Waals surface area (Å²) in [5.74, 6) is 0.293. The van der Waals surface area contributed by atoms with Crippen LogP contribution in [0.1, 0.15) is 0 Å². The molecule has 0 amide bonds. The SMILES string of the molecule is Oc1c2ccccc2cn1-c1ccccc1. The predicted molar refractivity (Wildman–Crippen MR) is 64.9 cm³/mol. The fraction of sp³-hybridized carbons (Fsp3) is 0. The second-order valence-electron chi connectivity index (χ2n) is 3.75. The van der Waals surface area contributed by atoms with E-state index in [9.17, 15) is 5.11 Å². The number of aromatic hydroxyl groups is 1. The summed E-state index contributed by atoms with van der Waals surface area (Å²) in [7, 11) is 0. The van der Waals surface area contributed by atoms with E-state index >= 15 is 0 Å². The summed E-state index contributed by atoms with van der Waals surface area (Å²) in [4.78, 5) is 0. The van der Waals surface area contributed by atoms with Gasteiger partial charge in [0.25, 0.3) is 0 Å². The summed E-state index contributed by atoms with van der Waals surface area (Å²) in [6.45, 7) is 0. The summed E-state index contributed by atoms with van der Waals surface area (Å²) in [5, 5.41) is 12.0. The van der Waals surface area contributed by atoms with Crippen molar-refractivity contribution in [1.82, 2.24) is 4.57 Å². The molecule has 2 nitrogen and oxygen atoms in total. The van der Waals surface area contributed by atoms with E-state index in [1.165, 1.54) is 0 Å². The number of fused-ring (bicyclic) bond motifs is 1. The van der Waals surface area contributed by atoms with Crippen molar-refractivity contribution in [2.24, 2.45) is 0 Å². The molecule has 0 bridgehead atoms. The first kappa shape index (κ1) is 9.04. The van der Waals surface area contributed by atoms with Crippen molar-refractivity contribution >= 4 is 10.8 Å². The third-order valence-corrected chi connectivity index (χ3v) is 2.73. The molecule has 2 heteroatoms. The fourth-order valence-corrected chi connectivity index (χ4v) is 1.93. The molecule has 1 heterocycles. The lowest BCUT2D eigenvalue weighted by Crippen LogP contribution is -1.89. The van der Waals surface area contributed by atoms with Gasteiger partial charge in [0, 0.05) is 22.7 Å². The number of hydrogen-bond donors (Lipinski definition) is 1. The first-order chi connectivity index (χ1) is 7.86. The van der Waals surface area contributed by atoms with Crippen LogP contribution >= 0.6 is 0 Å². The van der Waals surface area contributed by atoms with Gasteiger partial charge in [0.1, 0.15) is 0 Å². The van der Waals surface area contributed by atoms with Crippen molar-refractivity contribution in [2.75, 3.05) is 0 Å². The first-order valence-electron chi connectivity index (χ1n) is 5.21. The first-order valence-corrected chi connectivity index (χ1v) is 5.21. The van der Waals surface area contributed by atoms with E-state index < -0.39 is 0 Å². The Kier molecular flexibility index (Phi) is 1.93. The molecule has 1 aromatic heterocycles. The number of rotatable bonds is 1. The summed E-state index contributed by atoms with van der Waals surface area (Å²) >= 11 is 0. The average Bonchev–Trinajstić information content (AvgIpc) is 2.69. The topological polar surface area (TPSA) is 25.2 Å². The van der Waals surface area contributed by atoms with Gasteiger partial charge in [-0.15, -0.1) is 0 Å². The van der Waals surface area contributed by atoms with E-state index in [0.717, 1.165) is 16.5 Å². The van der Waals surface area contributed by atoms with Crippen molar-refractivity contribution in [2.45, 2.75) is 0 Å². The van der Waals surface area contributed by atoms with Gasteiger partial charge in [-0.3, -0.25) is 4.57 Å². The summed E-state index contributed by atoms with van der Waals surface area (Å²) < 4.78 is 1.80. The summed E-state index contributed by atoms with van der Waals surface area (Å²) in [5.41, 5.74) is 0.969. The van der Waals surface area contributed by atoms with Crippen LogP contribution in [0.3, 0.4) is 0 Å². The van der Waals surface area contributed by atoms with E-state index in [4.69, 9.17) is 0 Å². The van der Waals surface area contributed by atoms with E-state index in [-0.39, 0.29) is 0 Å². The Hall–Kier alpha value is -2.22. The third kappa shape index (κ3) is 1.27. The quantitative estimate of drug-likeness (QED) is 0.653. The van der Waals surface area contributed by atoms with Gasteiger partial charge in [0.05, 0.1) is 0 Å². The smallest absolute Gasteiger partial charge is 0.203 e. The molecular weight excluding hydrogens is 198 g/mol. The van der Waals surface area contributed by atoms with Crippen molar-refractivity contribution in [1.29, 1.82) is 0 Å². The monoisotopic (exact) mass is 209 g/mol. The largest absolute Gasteiger partial charge is 0.494 e. The van der Waals surface area contributed by atoms with Crippen LogP contribution < -0.4 is 0 Å². The number of aromatic nitrogens is 1. The fourth-order valence-electron chi connectivity index (χ4n) is 1.93. The lowest BCUT2D eigenvalue weighted by atomic mass is 10.2. The van der Waals surface area contributed by atoms with Crippen LogP contribution in [0, 0.1) is 0 Å². The van der Waals surface area contributed by atoms with Crippen molar-refractivity contribution in [3.63, 3.8) is 0 Å². The standard InChI is InChI=1S/C14H11NO/c16-14-13-9-5-4-6-11(13)10-15(14)12-7-2-1-3-8-12/h1-10,16H. The lowest BCUT2D eigenvalue weighted by molar-refractivity contribution is 0.448. The molecule has 0 atom stereocenters. The van der Waals surface area contributed by atoms with Crippen LogP contribution in [0.2, 0.25) is 0 Å². The molecule has 3 rings (SSSR count).